The average Bonchev–Trinajstić information content (AvgIpc) is 2.80. The minimum atomic E-state index is -4.46. The summed E-state index contributed by atoms with van der Waals surface area (Å²) in [5, 5.41) is 3.54. The molecule has 1 atom stereocenters. The maximum Gasteiger partial charge on any atom is 0.435 e. The molecular formula is C13H18F3N3O2. The molecule has 1 fully saturated rings. The van der Waals surface area contributed by atoms with Crippen LogP contribution in [0.25, 0.3) is 0 Å². The summed E-state index contributed by atoms with van der Waals surface area (Å²) in [4.78, 5) is 13.9. The number of aryl methyl sites for hydroxylation is 1. The number of aromatic nitrogens is 2. The first-order chi connectivity index (χ1) is 9.79. The lowest BCUT2D eigenvalue weighted by Gasteiger charge is -2.29. The minimum Gasteiger partial charge on any atom is -0.378 e. The van der Waals surface area contributed by atoms with Gasteiger partial charge in [0.2, 0.25) is 5.91 Å². The molecule has 5 nitrogen and oxygen atoms in total. The van der Waals surface area contributed by atoms with Gasteiger partial charge in [0, 0.05) is 18.8 Å². The molecule has 1 aromatic rings. The Morgan fingerprint density at radius 1 is 1.43 bits per heavy atom. The molecule has 1 unspecified atom stereocenters. The van der Waals surface area contributed by atoms with Crippen LogP contribution in [0, 0.1) is 12.8 Å². The van der Waals surface area contributed by atoms with Crippen LogP contribution >= 0.6 is 0 Å². The van der Waals surface area contributed by atoms with Crippen molar-refractivity contribution >= 4 is 5.91 Å². The fourth-order valence-electron chi connectivity index (χ4n) is 2.27. The van der Waals surface area contributed by atoms with E-state index in [1.807, 2.05) is 0 Å². The van der Waals surface area contributed by atoms with E-state index in [9.17, 15) is 18.0 Å². The number of rotatable bonds is 3. The summed E-state index contributed by atoms with van der Waals surface area (Å²) in [6.45, 7) is 5.43. The molecule has 1 saturated heterocycles. The summed E-state index contributed by atoms with van der Waals surface area (Å²) in [6, 6.07) is 0.992. The van der Waals surface area contributed by atoms with Crippen molar-refractivity contribution in [2.24, 2.45) is 5.92 Å². The Kier molecular flexibility index (Phi) is 4.55. The van der Waals surface area contributed by atoms with Gasteiger partial charge in [0.1, 0.15) is 0 Å². The zero-order valence-electron chi connectivity index (χ0n) is 12.0. The van der Waals surface area contributed by atoms with Crippen molar-refractivity contribution in [1.82, 2.24) is 14.7 Å². The first-order valence-electron chi connectivity index (χ1n) is 6.77. The maximum atomic E-state index is 12.6. The Balaban J connectivity index is 2.03. The summed E-state index contributed by atoms with van der Waals surface area (Å²) >= 11 is 0. The lowest BCUT2D eigenvalue weighted by molar-refractivity contribution is -0.141. The van der Waals surface area contributed by atoms with Crippen LogP contribution in [0.2, 0.25) is 0 Å². The van der Waals surface area contributed by atoms with Crippen LogP contribution in [0.5, 0.6) is 0 Å². The number of nitrogens with zero attached hydrogens (tertiary/aromatic N) is 3. The number of halogens is 3. The normalized spacial score (nSPS) is 17.9. The summed E-state index contributed by atoms with van der Waals surface area (Å²) in [5.74, 6) is -0.510. The van der Waals surface area contributed by atoms with Crippen molar-refractivity contribution in [1.29, 1.82) is 0 Å². The Bertz CT molecular complexity index is 507. The molecule has 1 amide bonds. The van der Waals surface area contributed by atoms with E-state index in [-0.39, 0.29) is 12.5 Å². The fourth-order valence-corrected chi connectivity index (χ4v) is 2.27. The number of morpholine rings is 1. The summed E-state index contributed by atoms with van der Waals surface area (Å²) in [6.07, 6.45) is -4.46. The molecule has 0 saturated carbocycles. The van der Waals surface area contributed by atoms with Gasteiger partial charge in [-0.1, -0.05) is 6.92 Å². The first kappa shape index (κ1) is 15.8. The standard InChI is InChI=1S/C13H18F3N3O2/c1-9(12(20)18-3-5-21-6-4-18)8-19-10(2)7-11(17-19)13(14,15)16/h7,9H,3-6,8H2,1-2H3. The Labute approximate surface area is 120 Å². The number of hydrogen-bond acceptors (Lipinski definition) is 3. The van der Waals surface area contributed by atoms with Crippen LogP contribution in [0.4, 0.5) is 13.2 Å². The van der Waals surface area contributed by atoms with Crippen LogP contribution in [-0.4, -0.2) is 46.9 Å². The monoisotopic (exact) mass is 305 g/mol. The Hall–Kier alpha value is -1.57. The second-order valence-corrected chi connectivity index (χ2v) is 5.19. The molecule has 2 rings (SSSR count). The molecular weight excluding hydrogens is 287 g/mol. The highest BCUT2D eigenvalue weighted by atomic mass is 19.4. The Morgan fingerprint density at radius 2 is 2.05 bits per heavy atom. The van der Waals surface area contributed by atoms with Crippen LogP contribution < -0.4 is 0 Å². The third-order valence-electron chi connectivity index (χ3n) is 3.46. The summed E-state index contributed by atoms with van der Waals surface area (Å²) in [7, 11) is 0. The summed E-state index contributed by atoms with van der Waals surface area (Å²) in [5.41, 5.74) is -0.532. The fraction of sp³-hybridized carbons (Fsp3) is 0.692. The van der Waals surface area contributed by atoms with Gasteiger partial charge in [-0.25, -0.2) is 0 Å². The number of carbonyl (C=O) groups excluding carboxylic acids is 1. The predicted octanol–water partition coefficient (Wildman–Crippen LogP) is 1.71. The van der Waals surface area contributed by atoms with Crippen LogP contribution in [-0.2, 0) is 22.3 Å². The third-order valence-corrected chi connectivity index (χ3v) is 3.46. The van der Waals surface area contributed by atoms with Gasteiger partial charge in [-0.3, -0.25) is 9.48 Å². The highest BCUT2D eigenvalue weighted by Crippen LogP contribution is 2.28. The quantitative estimate of drug-likeness (QED) is 0.854. The molecule has 21 heavy (non-hydrogen) atoms. The number of alkyl halides is 3. The van der Waals surface area contributed by atoms with E-state index in [4.69, 9.17) is 4.74 Å². The SMILES string of the molecule is Cc1cc(C(F)(F)F)nn1CC(C)C(=O)N1CCOCC1. The Morgan fingerprint density at radius 3 is 2.57 bits per heavy atom. The van der Waals surface area contributed by atoms with Crippen molar-refractivity contribution in [3.05, 3.63) is 17.5 Å². The van der Waals surface area contributed by atoms with Crippen LogP contribution in [0.15, 0.2) is 6.07 Å². The van der Waals surface area contributed by atoms with E-state index in [0.29, 0.717) is 32.0 Å². The van der Waals surface area contributed by atoms with Gasteiger partial charge in [0.25, 0.3) is 0 Å². The smallest absolute Gasteiger partial charge is 0.378 e. The molecule has 1 aromatic heterocycles. The number of carbonyl (C=O) groups is 1. The zero-order valence-corrected chi connectivity index (χ0v) is 12.0. The number of hydrogen-bond donors (Lipinski definition) is 0. The molecule has 0 spiro atoms. The predicted molar refractivity (Wildman–Crippen MR) is 68.5 cm³/mol. The number of amides is 1. The van der Waals surface area contributed by atoms with Crippen LogP contribution in [0.1, 0.15) is 18.3 Å². The lowest BCUT2D eigenvalue weighted by atomic mass is 10.1. The lowest BCUT2D eigenvalue weighted by Crippen LogP contribution is -2.44. The van der Waals surface area contributed by atoms with E-state index >= 15 is 0 Å². The average molecular weight is 305 g/mol. The molecule has 0 aliphatic carbocycles. The van der Waals surface area contributed by atoms with E-state index in [2.05, 4.69) is 5.10 Å². The first-order valence-corrected chi connectivity index (χ1v) is 6.77. The molecule has 118 valence electrons. The van der Waals surface area contributed by atoms with Gasteiger partial charge in [0.15, 0.2) is 5.69 Å². The molecule has 0 radical (unpaired) electrons. The highest BCUT2D eigenvalue weighted by molar-refractivity contribution is 5.78. The van der Waals surface area contributed by atoms with Gasteiger partial charge in [0.05, 0.1) is 25.7 Å². The summed E-state index contributed by atoms with van der Waals surface area (Å²) < 4.78 is 44.2. The van der Waals surface area contributed by atoms with E-state index in [1.165, 1.54) is 4.68 Å². The van der Waals surface area contributed by atoms with E-state index in [0.717, 1.165) is 6.07 Å². The second-order valence-electron chi connectivity index (χ2n) is 5.19. The zero-order chi connectivity index (χ0) is 15.6. The van der Waals surface area contributed by atoms with Gasteiger partial charge in [-0.2, -0.15) is 18.3 Å². The van der Waals surface area contributed by atoms with Crippen molar-refractivity contribution in [3.8, 4) is 0 Å². The molecule has 8 heteroatoms. The van der Waals surface area contributed by atoms with Crippen molar-refractivity contribution in [3.63, 3.8) is 0 Å². The molecule has 1 aliphatic heterocycles. The second kappa shape index (κ2) is 6.05. The van der Waals surface area contributed by atoms with Gasteiger partial charge >= 0.3 is 6.18 Å². The molecule has 0 aromatic carbocycles. The van der Waals surface area contributed by atoms with Crippen molar-refractivity contribution in [2.75, 3.05) is 26.3 Å². The molecule has 0 bridgehead atoms. The van der Waals surface area contributed by atoms with E-state index < -0.39 is 17.8 Å². The molecule has 2 heterocycles. The minimum absolute atomic E-state index is 0.0817. The molecule has 1 aliphatic rings. The molecule has 0 N–H and O–H groups in total. The maximum absolute atomic E-state index is 12.6. The number of ether oxygens (including phenoxy) is 1. The third kappa shape index (κ3) is 3.75. The van der Waals surface area contributed by atoms with Gasteiger partial charge in [-0.05, 0) is 13.0 Å². The van der Waals surface area contributed by atoms with Crippen LogP contribution in [0.3, 0.4) is 0 Å². The topological polar surface area (TPSA) is 47.4 Å². The largest absolute Gasteiger partial charge is 0.435 e. The van der Waals surface area contributed by atoms with Crippen molar-refractivity contribution < 1.29 is 22.7 Å². The van der Waals surface area contributed by atoms with Gasteiger partial charge < -0.3 is 9.64 Å². The van der Waals surface area contributed by atoms with Crippen molar-refractivity contribution in [2.45, 2.75) is 26.6 Å². The van der Waals surface area contributed by atoms with E-state index in [1.54, 1.807) is 18.7 Å². The van der Waals surface area contributed by atoms with Gasteiger partial charge in [-0.15, -0.1) is 0 Å². The highest BCUT2D eigenvalue weighted by Gasteiger charge is 2.34.